The standard InChI is InChI=1S/C22H30F2N4O3.HI/c1-3-29-20-13-16(8-9-19(20)31-21(23)24)14-26-22(25-2)27-15-17(18-7-6-12-30-18)28-10-4-5-11-28;/h6-9,12-13,17,21H,3-5,10-11,14-15H2,1-2H3,(H2,25,26,27);1H. The van der Waals surface area contributed by atoms with Crippen LogP contribution in [0.3, 0.4) is 0 Å². The molecule has 0 bridgehead atoms. The molecular weight excluding hydrogens is 533 g/mol. The summed E-state index contributed by atoms with van der Waals surface area (Å²) in [7, 11) is 1.71. The summed E-state index contributed by atoms with van der Waals surface area (Å²) in [5.41, 5.74) is 0.857. The Morgan fingerprint density at radius 3 is 2.59 bits per heavy atom. The first kappa shape index (κ1) is 26.2. The van der Waals surface area contributed by atoms with Gasteiger partial charge in [0.2, 0.25) is 0 Å². The molecule has 3 rings (SSSR count). The minimum absolute atomic E-state index is 0. The van der Waals surface area contributed by atoms with Crippen molar-refractivity contribution in [2.24, 2.45) is 4.99 Å². The number of rotatable bonds is 10. The van der Waals surface area contributed by atoms with Gasteiger partial charge in [-0.25, -0.2) is 0 Å². The zero-order chi connectivity index (χ0) is 22.1. The van der Waals surface area contributed by atoms with Crippen LogP contribution in [-0.2, 0) is 6.54 Å². The third-order valence-corrected chi connectivity index (χ3v) is 5.12. The van der Waals surface area contributed by atoms with Gasteiger partial charge in [0.1, 0.15) is 5.76 Å². The van der Waals surface area contributed by atoms with Crippen LogP contribution in [0.15, 0.2) is 46.0 Å². The fourth-order valence-electron chi connectivity index (χ4n) is 3.67. The fourth-order valence-corrected chi connectivity index (χ4v) is 3.67. The molecule has 0 spiro atoms. The highest BCUT2D eigenvalue weighted by molar-refractivity contribution is 14.0. The number of furan rings is 1. The van der Waals surface area contributed by atoms with Gasteiger partial charge < -0.3 is 24.5 Å². The molecule has 32 heavy (non-hydrogen) atoms. The number of hydrogen-bond donors (Lipinski definition) is 2. The molecule has 178 valence electrons. The van der Waals surface area contributed by atoms with Gasteiger partial charge in [-0.3, -0.25) is 9.89 Å². The largest absolute Gasteiger partial charge is 0.490 e. The van der Waals surface area contributed by atoms with E-state index in [-0.39, 0.29) is 41.5 Å². The van der Waals surface area contributed by atoms with Crippen LogP contribution in [0.25, 0.3) is 0 Å². The molecular formula is C22H31F2IN4O3. The van der Waals surface area contributed by atoms with Crippen molar-refractivity contribution in [3.63, 3.8) is 0 Å². The molecule has 7 nitrogen and oxygen atoms in total. The van der Waals surface area contributed by atoms with Gasteiger partial charge in [0.15, 0.2) is 17.5 Å². The maximum absolute atomic E-state index is 12.6. The molecule has 1 atom stereocenters. The fraction of sp³-hybridized carbons (Fsp3) is 0.500. The predicted octanol–water partition coefficient (Wildman–Crippen LogP) is 4.40. The van der Waals surface area contributed by atoms with Crippen molar-refractivity contribution in [1.29, 1.82) is 0 Å². The van der Waals surface area contributed by atoms with Crippen LogP contribution < -0.4 is 20.1 Å². The number of aliphatic imine (C=N–C) groups is 1. The monoisotopic (exact) mass is 564 g/mol. The Balaban J connectivity index is 0.00000363. The van der Waals surface area contributed by atoms with Crippen molar-refractivity contribution in [1.82, 2.24) is 15.5 Å². The number of likely N-dealkylation sites (tertiary alicyclic amines) is 1. The number of hydrogen-bond acceptors (Lipinski definition) is 5. The van der Waals surface area contributed by atoms with Gasteiger partial charge in [-0.05, 0) is 62.7 Å². The zero-order valence-corrected chi connectivity index (χ0v) is 20.7. The molecule has 2 aromatic rings. The number of halogens is 3. The molecule has 0 aliphatic carbocycles. The molecule has 0 saturated carbocycles. The van der Waals surface area contributed by atoms with Gasteiger partial charge in [0.05, 0.1) is 18.9 Å². The third-order valence-electron chi connectivity index (χ3n) is 5.12. The highest BCUT2D eigenvalue weighted by Crippen LogP contribution is 2.30. The van der Waals surface area contributed by atoms with E-state index in [9.17, 15) is 8.78 Å². The Kier molecular flexibility index (Phi) is 11.0. The average molecular weight is 564 g/mol. The molecule has 1 aliphatic rings. The second kappa shape index (κ2) is 13.5. The van der Waals surface area contributed by atoms with Crippen LogP contribution >= 0.6 is 24.0 Å². The molecule has 10 heteroatoms. The lowest BCUT2D eigenvalue weighted by atomic mass is 10.2. The van der Waals surface area contributed by atoms with E-state index in [1.807, 2.05) is 12.1 Å². The lowest BCUT2D eigenvalue weighted by molar-refractivity contribution is -0.0514. The average Bonchev–Trinajstić information content (AvgIpc) is 3.47. The highest BCUT2D eigenvalue weighted by atomic mass is 127. The lowest BCUT2D eigenvalue weighted by Gasteiger charge is -2.26. The molecule has 1 aromatic heterocycles. The SMILES string of the molecule is CCOc1cc(CNC(=NC)NCC(c2ccco2)N2CCCC2)ccc1OC(F)F.I. The van der Waals surface area contributed by atoms with Crippen molar-refractivity contribution in [3.8, 4) is 11.5 Å². The van der Waals surface area contributed by atoms with E-state index in [1.165, 1.54) is 18.9 Å². The van der Waals surface area contributed by atoms with E-state index in [0.717, 1.165) is 24.4 Å². The lowest BCUT2D eigenvalue weighted by Crippen LogP contribution is -2.42. The molecule has 2 N–H and O–H groups in total. The summed E-state index contributed by atoms with van der Waals surface area (Å²) in [6.07, 6.45) is 4.08. The highest BCUT2D eigenvalue weighted by Gasteiger charge is 2.25. The quantitative estimate of drug-likeness (QED) is 0.254. The Hall–Kier alpha value is -2.08. The van der Waals surface area contributed by atoms with Crippen LogP contribution in [0.1, 0.15) is 37.1 Å². The van der Waals surface area contributed by atoms with Crippen molar-refractivity contribution < 1.29 is 22.7 Å². The summed E-state index contributed by atoms with van der Waals surface area (Å²) < 4.78 is 40.8. The first-order valence-corrected chi connectivity index (χ1v) is 10.5. The molecule has 0 amide bonds. The Labute approximate surface area is 204 Å². The van der Waals surface area contributed by atoms with Crippen LogP contribution in [0.5, 0.6) is 11.5 Å². The number of alkyl halides is 2. The van der Waals surface area contributed by atoms with Gasteiger partial charge in [-0.1, -0.05) is 6.07 Å². The summed E-state index contributed by atoms with van der Waals surface area (Å²) >= 11 is 0. The van der Waals surface area contributed by atoms with Gasteiger partial charge in [-0.15, -0.1) is 24.0 Å². The van der Waals surface area contributed by atoms with Crippen molar-refractivity contribution in [2.75, 3.05) is 33.3 Å². The maximum Gasteiger partial charge on any atom is 0.387 e. The van der Waals surface area contributed by atoms with E-state index in [1.54, 1.807) is 32.4 Å². The summed E-state index contributed by atoms with van der Waals surface area (Å²) in [5, 5.41) is 6.62. The first-order chi connectivity index (χ1) is 15.1. The summed E-state index contributed by atoms with van der Waals surface area (Å²) in [6, 6.07) is 8.94. The van der Waals surface area contributed by atoms with Crippen LogP contribution in [0, 0.1) is 0 Å². The summed E-state index contributed by atoms with van der Waals surface area (Å²) in [5.74, 6) is 1.88. The van der Waals surface area contributed by atoms with Crippen LogP contribution in [-0.4, -0.2) is 50.8 Å². The molecule has 1 fully saturated rings. The number of guanidine groups is 1. The van der Waals surface area contributed by atoms with Gasteiger partial charge >= 0.3 is 6.61 Å². The van der Waals surface area contributed by atoms with Gasteiger partial charge in [-0.2, -0.15) is 8.78 Å². The van der Waals surface area contributed by atoms with Crippen molar-refractivity contribution in [2.45, 2.75) is 39.0 Å². The predicted molar refractivity (Wildman–Crippen MR) is 130 cm³/mol. The second-order valence-electron chi connectivity index (χ2n) is 7.17. The maximum atomic E-state index is 12.6. The molecule has 1 unspecified atom stereocenters. The van der Waals surface area contributed by atoms with E-state index in [0.29, 0.717) is 25.7 Å². The number of ether oxygens (including phenoxy) is 2. The van der Waals surface area contributed by atoms with E-state index in [2.05, 4.69) is 25.3 Å². The Morgan fingerprint density at radius 2 is 1.97 bits per heavy atom. The van der Waals surface area contributed by atoms with E-state index < -0.39 is 6.61 Å². The Bertz CT molecular complexity index is 831. The van der Waals surface area contributed by atoms with Gasteiger partial charge in [0, 0.05) is 20.1 Å². The van der Waals surface area contributed by atoms with Crippen molar-refractivity contribution in [3.05, 3.63) is 47.9 Å². The van der Waals surface area contributed by atoms with Crippen LogP contribution in [0.2, 0.25) is 0 Å². The topological polar surface area (TPSA) is 71.3 Å². The number of nitrogens with one attached hydrogen (secondary N) is 2. The molecule has 0 radical (unpaired) electrons. The number of nitrogens with zero attached hydrogens (tertiary/aromatic N) is 2. The first-order valence-electron chi connectivity index (χ1n) is 10.5. The van der Waals surface area contributed by atoms with Gasteiger partial charge in [0.25, 0.3) is 0 Å². The second-order valence-corrected chi connectivity index (χ2v) is 7.17. The normalized spacial score (nSPS) is 15.3. The Morgan fingerprint density at radius 1 is 1.19 bits per heavy atom. The molecule has 1 aliphatic heterocycles. The molecule has 1 aromatic carbocycles. The minimum atomic E-state index is -2.90. The van der Waals surface area contributed by atoms with E-state index in [4.69, 9.17) is 9.15 Å². The summed E-state index contributed by atoms with van der Waals surface area (Å²) in [4.78, 5) is 6.70. The zero-order valence-electron chi connectivity index (χ0n) is 18.4. The van der Waals surface area contributed by atoms with Crippen molar-refractivity contribution >= 4 is 29.9 Å². The summed E-state index contributed by atoms with van der Waals surface area (Å²) in [6.45, 7) is 2.44. The molecule has 1 saturated heterocycles. The molecule has 2 heterocycles. The smallest absolute Gasteiger partial charge is 0.387 e. The van der Waals surface area contributed by atoms with Crippen LogP contribution in [0.4, 0.5) is 8.78 Å². The third kappa shape index (κ3) is 7.51. The number of benzene rings is 1. The minimum Gasteiger partial charge on any atom is -0.490 e. The van der Waals surface area contributed by atoms with E-state index >= 15 is 0 Å².